The second kappa shape index (κ2) is 7.58. The highest BCUT2D eigenvalue weighted by molar-refractivity contribution is 7.98. The Morgan fingerprint density at radius 2 is 2.12 bits per heavy atom. The van der Waals surface area contributed by atoms with Crippen molar-refractivity contribution in [3.8, 4) is 5.75 Å². The molecular weight excluding hydrogens is 218 g/mol. The summed E-state index contributed by atoms with van der Waals surface area (Å²) in [4.78, 5) is 0. The second-order valence-electron chi connectivity index (χ2n) is 4.00. The molecule has 0 fully saturated rings. The molecule has 0 aliphatic rings. The number of rotatable bonds is 7. The zero-order chi connectivity index (χ0) is 11.8. The van der Waals surface area contributed by atoms with Crippen molar-refractivity contribution in [3.63, 3.8) is 0 Å². The van der Waals surface area contributed by atoms with Crippen LogP contribution in [0.4, 0.5) is 0 Å². The molecule has 1 rings (SSSR count). The Labute approximate surface area is 103 Å². The van der Waals surface area contributed by atoms with Crippen molar-refractivity contribution in [1.82, 2.24) is 5.32 Å². The van der Waals surface area contributed by atoms with Crippen molar-refractivity contribution in [1.29, 1.82) is 0 Å². The number of benzene rings is 1. The highest BCUT2D eigenvalue weighted by atomic mass is 32.2. The molecule has 0 spiro atoms. The van der Waals surface area contributed by atoms with Crippen molar-refractivity contribution in [2.45, 2.75) is 13.5 Å². The van der Waals surface area contributed by atoms with Crippen LogP contribution in [0.25, 0.3) is 0 Å². The van der Waals surface area contributed by atoms with Crippen LogP contribution in [0.1, 0.15) is 12.5 Å². The molecule has 0 aliphatic heterocycles. The zero-order valence-corrected chi connectivity index (χ0v) is 11.1. The molecule has 90 valence electrons. The van der Waals surface area contributed by atoms with Crippen molar-refractivity contribution in [2.24, 2.45) is 5.92 Å². The third-order valence-electron chi connectivity index (χ3n) is 2.45. The van der Waals surface area contributed by atoms with Crippen LogP contribution in [-0.4, -0.2) is 25.7 Å². The fraction of sp³-hybridized carbons (Fsp3) is 0.538. The SMILES string of the molecule is COc1ccccc1CNCC(C)CSC. The van der Waals surface area contributed by atoms with Crippen LogP contribution in [0.15, 0.2) is 24.3 Å². The number of methoxy groups -OCH3 is 1. The minimum Gasteiger partial charge on any atom is -0.496 e. The summed E-state index contributed by atoms with van der Waals surface area (Å²) in [5.41, 5.74) is 1.22. The van der Waals surface area contributed by atoms with Gasteiger partial charge in [0.2, 0.25) is 0 Å². The van der Waals surface area contributed by atoms with Gasteiger partial charge in [0.25, 0.3) is 0 Å². The van der Waals surface area contributed by atoms with Gasteiger partial charge >= 0.3 is 0 Å². The van der Waals surface area contributed by atoms with Gasteiger partial charge in [-0.1, -0.05) is 25.1 Å². The van der Waals surface area contributed by atoms with Crippen molar-refractivity contribution >= 4 is 11.8 Å². The van der Waals surface area contributed by atoms with E-state index >= 15 is 0 Å². The summed E-state index contributed by atoms with van der Waals surface area (Å²) in [5, 5.41) is 3.47. The normalized spacial score (nSPS) is 12.4. The summed E-state index contributed by atoms with van der Waals surface area (Å²) in [6.45, 7) is 4.20. The topological polar surface area (TPSA) is 21.3 Å². The van der Waals surface area contributed by atoms with Gasteiger partial charge in [-0.05, 0) is 30.5 Å². The number of nitrogens with one attached hydrogen (secondary N) is 1. The Kier molecular flexibility index (Phi) is 6.34. The standard InChI is InChI=1S/C13H21NOS/c1-11(10-16-3)8-14-9-12-6-4-5-7-13(12)15-2/h4-7,11,14H,8-10H2,1-3H3. The van der Waals surface area contributed by atoms with E-state index in [-0.39, 0.29) is 0 Å². The van der Waals surface area contributed by atoms with E-state index in [1.165, 1.54) is 11.3 Å². The molecule has 0 saturated carbocycles. The maximum Gasteiger partial charge on any atom is 0.123 e. The maximum atomic E-state index is 5.31. The van der Waals surface area contributed by atoms with Gasteiger partial charge in [0.05, 0.1) is 7.11 Å². The van der Waals surface area contributed by atoms with Gasteiger partial charge in [0.1, 0.15) is 5.75 Å². The fourth-order valence-corrected chi connectivity index (χ4v) is 2.33. The van der Waals surface area contributed by atoms with Gasteiger partial charge in [-0.3, -0.25) is 0 Å². The van der Waals surface area contributed by atoms with Crippen LogP contribution in [0.3, 0.4) is 0 Å². The van der Waals surface area contributed by atoms with Gasteiger partial charge < -0.3 is 10.1 Å². The molecule has 0 heterocycles. The molecule has 1 aromatic rings. The van der Waals surface area contributed by atoms with Crippen LogP contribution in [-0.2, 0) is 6.54 Å². The number of hydrogen-bond acceptors (Lipinski definition) is 3. The van der Waals surface area contributed by atoms with Gasteiger partial charge in [-0.25, -0.2) is 0 Å². The highest BCUT2D eigenvalue weighted by Gasteiger charge is 2.03. The smallest absolute Gasteiger partial charge is 0.123 e. The van der Waals surface area contributed by atoms with Crippen LogP contribution in [0, 0.1) is 5.92 Å². The monoisotopic (exact) mass is 239 g/mol. The van der Waals surface area contributed by atoms with E-state index in [1.54, 1.807) is 7.11 Å². The van der Waals surface area contributed by atoms with Gasteiger partial charge in [-0.15, -0.1) is 0 Å². The van der Waals surface area contributed by atoms with Crippen LogP contribution < -0.4 is 10.1 Å². The minimum atomic E-state index is 0.713. The van der Waals surface area contributed by atoms with E-state index in [9.17, 15) is 0 Å². The van der Waals surface area contributed by atoms with Crippen LogP contribution in [0.5, 0.6) is 5.75 Å². The summed E-state index contributed by atoms with van der Waals surface area (Å²) in [7, 11) is 1.72. The lowest BCUT2D eigenvalue weighted by Crippen LogP contribution is -2.22. The molecule has 16 heavy (non-hydrogen) atoms. The first kappa shape index (κ1) is 13.4. The molecule has 2 nitrogen and oxygen atoms in total. The molecule has 0 saturated heterocycles. The lowest BCUT2D eigenvalue weighted by atomic mass is 10.2. The largest absolute Gasteiger partial charge is 0.496 e. The summed E-state index contributed by atoms with van der Waals surface area (Å²) >= 11 is 1.90. The molecule has 1 aromatic carbocycles. The van der Waals surface area contributed by atoms with Crippen LogP contribution in [0.2, 0.25) is 0 Å². The third kappa shape index (κ3) is 4.45. The predicted molar refractivity (Wildman–Crippen MR) is 72.2 cm³/mol. The Morgan fingerprint density at radius 1 is 1.38 bits per heavy atom. The molecule has 0 aliphatic carbocycles. The van der Waals surface area contributed by atoms with Crippen LogP contribution >= 0.6 is 11.8 Å². The lowest BCUT2D eigenvalue weighted by Gasteiger charge is -2.12. The first-order chi connectivity index (χ1) is 7.77. The predicted octanol–water partition coefficient (Wildman–Crippen LogP) is 2.78. The Balaban J connectivity index is 2.36. The third-order valence-corrected chi connectivity index (χ3v) is 3.35. The van der Waals surface area contributed by atoms with Gasteiger partial charge in [0.15, 0.2) is 0 Å². The molecule has 1 unspecified atom stereocenters. The summed E-state index contributed by atoms with van der Waals surface area (Å²) in [5.74, 6) is 2.89. The Hall–Kier alpha value is -0.670. The quantitative estimate of drug-likeness (QED) is 0.790. The fourth-order valence-electron chi connectivity index (χ4n) is 1.65. The van der Waals surface area contributed by atoms with Gasteiger partial charge in [0, 0.05) is 12.1 Å². The van der Waals surface area contributed by atoms with E-state index in [0.717, 1.165) is 18.8 Å². The molecular formula is C13H21NOS. The van der Waals surface area contributed by atoms with Crippen molar-refractivity contribution in [3.05, 3.63) is 29.8 Å². The molecule has 1 N–H and O–H groups in total. The minimum absolute atomic E-state index is 0.713. The molecule has 0 aromatic heterocycles. The number of para-hydroxylation sites is 1. The van der Waals surface area contributed by atoms with E-state index < -0.39 is 0 Å². The first-order valence-corrected chi connectivity index (χ1v) is 6.99. The zero-order valence-electron chi connectivity index (χ0n) is 10.3. The maximum absolute atomic E-state index is 5.31. The van der Waals surface area contributed by atoms with E-state index in [2.05, 4.69) is 24.6 Å². The number of hydrogen-bond donors (Lipinski definition) is 1. The molecule has 3 heteroatoms. The van der Waals surface area contributed by atoms with Crippen molar-refractivity contribution < 1.29 is 4.74 Å². The average Bonchev–Trinajstić information content (AvgIpc) is 2.30. The number of ether oxygens (including phenoxy) is 1. The summed E-state index contributed by atoms with van der Waals surface area (Å²) < 4.78 is 5.31. The molecule has 0 bridgehead atoms. The Morgan fingerprint density at radius 3 is 2.81 bits per heavy atom. The van der Waals surface area contributed by atoms with E-state index in [0.29, 0.717) is 5.92 Å². The molecule has 0 radical (unpaired) electrons. The molecule has 1 atom stereocenters. The van der Waals surface area contributed by atoms with E-state index in [1.807, 2.05) is 30.0 Å². The first-order valence-electron chi connectivity index (χ1n) is 5.59. The average molecular weight is 239 g/mol. The molecule has 0 amide bonds. The number of thioether (sulfide) groups is 1. The summed E-state index contributed by atoms with van der Waals surface area (Å²) in [6, 6.07) is 8.15. The van der Waals surface area contributed by atoms with E-state index in [4.69, 9.17) is 4.74 Å². The summed E-state index contributed by atoms with van der Waals surface area (Å²) in [6.07, 6.45) is 2.15. The lowest BCUT2D eigenvalue weighted by molar-refractivity contribution is 0.407. The van der Waals surface area contributed by atoms with Gasteiger partial charge in [-0.2, -0.15) is 11.8 Å². The Bertz CT molecular complexity index is 304. The highest BCUT2D eigenvalue weighted by Crippen LogP contribution is 2.16. The van der Waals surface area contributed by atoms with Crippen molar-refractivity contribution in [2.75, 3.05) is 25.7 Å². The second-order valence-corrected chi connectivity index (χ2v) is 4.91.